The third-order valence-corrected chi connectivity index (χ3v) is 3.30. The van der Waals surface area contributed by atoms with Crippen molar-refractivity contribution in [3.63, 3.8) is 0 Å². The van der Waals surface area contributed by atoms with Crippen LogP contribution in [0.15, 0.2) is 47.3 Å². The number of hydrogen-bond donors (Lipinski definition) is 1. The molecule has 0 aliphatic heterocycles. The van der Waals surface area contributed by atoms with Crippen LogP contribution >= 0.6 is 15.9 Å². The van der Waals surface area contributed by atoms with E-state index in [0.717, 1.165) is 27.0 Å². The number of anilines is 2. The third-order valence-electron chi connectivity index (χ3n) is 2.77. The molecule has 90 valence electrons. The highest BCUT2D eigenvalue weighted by atomic mass is 79.9. The number of nitrogens with one attached hydrogen (secondary N) is 1. The van der Waals surface area contributed by atoms with E-state index in [-0.39, 0.29) is 0 Å². The molecule has 0 amide bonds. The molecule has 0 atom stereocenters. The molecule has 0 aliphatic carbocycles. The van der Waals surface area contributed by atoms with Crippen molar-refractivity contribution in [1.29, 1.82) is 0 Å². The van der Waals surface area contributed by atoms with Crippen molar-refractivity contribution in [2.45, 2.75) is 0 Å². The number of aryl methyl sites for hydroxylation is 1. The van der Waals surface area contributed by atoms with E-state index in [0.29, 0.717) is 0 Å². The molecule has 4 nitrogen and oxygen atoms in total. The molecule has 3 rings (SSSR count). The molecule has 0 saturated heterocycles. The summed E-state index contributed by atoms with van der Waals surface area (Å²) in [6, 6.07) is 10.00. The predicted molar refractivity (Wildman–Crippen MR) is 75.9 cm³/mol. The SMILES string of the molecule is Cn1ccc2c(Nc3ccc(Br)cc3)ncnc21. The highest BCUT2D eigenvalue weighted by Gasteiger charge is 2.06. The molecule has 0 spiro atoms. The summed E-state index contributed by atoms with van der Waals surface area (Å²) in [7, 11) is 1.97. The maximum absolute atomic E-state index is 4.29. The Kier molecular flexibility index (Phi) is 2.76. The minimum Gasteiger partial charge on any atom is -0.340 e. The number of hydrogen-bond acceptors (Lipinski definition) is 3. The number of nitrogens with zero attached hydrogens (tertiary/aromatic N) is 3. The first kappa shape index (κ1) is 11.2. The molecule has 1 N–H and O–H groups in total. The van der Waals surface area contributed by atoms with Crippen molar-refractivity contribution < 1.29 is 0 Å². The first-order valence-electron chi connectivity index (χ1n) is 5.52. The van der Waals surface area contributed by atoms with Gasteiger partial charge in [-0.1, -0.05) is 15.9 Å². The average molecular weight is 303 g/mol. The van der Waals surface area contributed by atoms with Gasteiger partial charge in [0.1, 0.15) is 17.8 Å². The molecule has 2 heterocycles. The van der Waals surface area contributed by atoms with Gasteiger partial charge in [0.05, 0.1) is 5.39 Å². The second kappa shape index (κ2) is 4.42. The van der Waals surface area contributed by atoms with Crippen molar-refractivity contribution in [2.75, 3.05) is 5.32 Å². The Labute approximate surface area is 113 Å². The lowest BCUT2D eigenvalue weighted by Crippen LogP contribution is -1.96. The predicted octanol–water partition coefficient (Wildman–Crippen LogP) is 3.47. The standard InChI is InChI=1S/C13H11BrN4/c1-18-7-6-11-12(15-8-16-13(11)18)17-10-4-2-9(14)3-5-10/h2-8H,1H3,(H,15,16,17). The summed E-state index contributed by atoms with van der Waals surface area (Å²) in [6.45, 7) is 0. The van der Waals surface area contributed by atoms with Crippen LogP contribution in [0.1, 0.15) is 0 Å². The molecule has 0 aliphatic rings. The van der Waals surface area contributed by atoms with E-state index < -0.39 is 0 Å². The zero-order valence-corrected chi connectivity index (χ0v) is 11.3. The van der Waals surface area contributed by atoms with Gasteiger partial charge in [0.2, 0.25) is 0 Å². The second-order valence-corrected chi connectivity index (χ2v) is 4.93. The molecular formula is C13H11BrN4. The van der Waals surface area contributed by atoms with Gasteiger partial charge >= 0.3 is 0 Å². The van der Waals surface area contributed by atoms with E-state index in [1.807, 2.05) is 48.1 Å². The van der Waals surface area contributed by atoms with Crippen LogP contribution in [0.25, 0.3) is 11.0 Å². The molecular weight excluding hydrogens is 292 g/mol. The van der Waals surface area contributed by atoms with Crippen LogP contribution in [0.2, 0.25) is 0 Å². The minimum absolute atomic E-state index is 0.822. The topological polar surface area (TPSA) is 42.7 Å². The number of fused-ring (bicyclic) bond motifs is 1. The lowest BCUT2D eigenvalue weighted by molar-refractivity contribution is 0.944. The Morgan fingerprint density at radius 3 is 2.67 bits per heavy atom. The quantitative estimate of drug-likeness (QED) is 0.788. The fourth-order valence-corrected chi connectivity index (χ4v) is 2.11. The summed E-state index contributed by atoms with van der Waals surface area (Å²) in [4.78, 5) is 8.55. The summed E-state index contributed by atoms with van der Waals surface area (Å²) in [5.41, 5.74) is 1.92. The molecule has 0 radical (unpaired) electrons. The molecule has 18 heavy (non-hydrogen) atoms. The number of rotatable bonds is 2. The van der Waals surface area contributed by atoms with E-state index in [4.69, 9.17) is 0 Å². The van der Waals surface area contributed by atoms with Gasteiger partial charge in [0.25, 0.3) is 0 Å². The third kappa shape index (κ3) is 1.97. The zero-order chi connectivity index (χ0) is 12.5. The molecule has 2 aromatic heterocycles. The van der Waals surface area contributed by atoms with Crippen molar-refractivity contribution >= 4 is 38.5 Å². The van der Waals surface area contributed by atoms with Gasteiger partial charge in [-0.2, -0.15) is 0 Å². The smallest absolute Gasteiger partial charge is 0.145 e. The lowest BCUT2D eigenvalue weighted by atomic mass is 10.3. The number of aromatic nitrogens is 3. The van der Waals surface area contributed by atoms with Crippen LogP contribution < -0.4 is 5.32 Å². The zero-order valence-electron chi connectivity index (χ0n) is 9.76. The Morgan fingerprint density at radius 1 is 1.11 bits per heavy atom. The fraction of sp³-hybridized carbons (Fsp3) is 0.0769. The van der Waals surface area contributed by atoms with Crippen LogP contribution in [0.5, 0.6) is 0 Å². The van der Waals surface area contributed by atoms with Crippen LogP contribution in [0, 0.1) is 0 Å². The van der Waals surface area contributed by atoms with E-state index in [1.165, 1.54) is 0 Å². The number of benzene rings is 1. The Bertz CT molecular complexity index is 688. The van der Waals surface area contributed by atoms with Gasteiger partial charge in [-0.3, -0.25) is 0 Å². The Morgan fingerprint density at radius 2 is 1.89 bits per heavy atom. The molecule has 0 saturated carbocycles. The van der Waals surface area contributed by atoms with Crippen LogP contribution in [-0.2, 0) is 7.05 Å². The fourth-order valence-electron chi connectivity index (χ4n) is 1.85. The van der Waals surface area contributed by atoms with Crippen molar-refractivity contribution in [3.05, 3.63) is 47.3 Å². The maximum Gasteiger partial charge on any atom is 0.145 e. The van der Waals surface area contributed by atoms with Gasteiger partial charge in [-0.15, -0.1) is 0 Å². The summed E-state index contributed by atoms with van der Waals surface area (Å²) in [5.74, 6) is 0.822. The largest absolute Gasteiger partial charge is 0.340 e. The van der Waals surface area contributed by atoms with E-state index >= 15 is 0 Å². The van der Waals surface area contributed by atoms with E-state index in [1.54, 1.807) is 6.33 Å². The Hall–Kier alpha value is -1.88. The molecule has 0 unspecified atom stereocenters. The highest BCUT2D eigenvalue weighted by molar-refractivity contribution is 9.10. The van der Waals surface area contributed by atoms with Crippen molar-refractivity contribution in [1.82, 2.24) is 14.5 Å². The normalized spacial score (nSPS) is 10.8. The summed E-state index contributed by atoms with van der Waals surface area (Å²) in [6.07, 6.45) is 3.55. The minimum atomic E-state index is 0.822. The molecule has 3 aromatic rings. The monoisotopic (exact) mass is 302 g/mol. The van der Waals surface area contributed by atoms with Crippen LogP contribution in [0.4, 0.5) is 11.5 Å². The summed E-state index contributed by atoms with van der Waals surface area (Å²) < 4.78 is 3.03. The lowest BCUT2D eigenvalue weighted by Gasteiger charge is -2.06. The van der Waals surface area contributed by atoms with Gasteiger partial charge in [0.15, 0.2) is 0 Å². The first-order chi connectivity index (χ1) is 8.74. The number of halogens is 1. The van der Waals surface area contributed by atoms with Gasteiger partial charge in [0, 0.05) is 23.4 Å². The van der Waals surface area contributed by atoms with Crippen molar-refractivity contribution in [3.8, 4) is 0 Å². The summed E-state index contributed by atoms with van der Waals surface area (Å²) in [5, 5.41) is 4.32. The molecule has 5 heteroatoms. The van der Waals surface area contributed by atoms with Crippen LogP contribution in [0.3, 0.4) is 0 Å². The van der Waals surface area contributed by atoms with Gasteiger partial charge in [-0.05, 0) is 30.3 Å². The highest BCUT2D eigenvalue weighted by Crippen LogP contribution is 2.24. The molecule has 0 bridgehead atoms. The molecule has 1 aromatic carbocycles. The van der Waals surface area contributed by atoms with Gasteiger partial charge in [-0.25, -0.2) is 9.97 Å². The Balaban J connectivity index is 2.02. The van der Waals surface area contributed by atoms with E-state index in [9.17, 15) is 0 Å². The first-order valence-corrected chi connectivity index (χ1v) is 6.32. The van der Waals surface area contributed by atoms with Crippen LogP contribution in [-0.4, -0.2) is 14.5 Å². The summed E-state index contributed by atoms with van der Waals surface area (Å²) >= 11 is 3.42. The van der Waals surface area contributed by atoms with Crippen molar-refractivity contribution in [2.24, 2.45) is 7.05 Å². The van der Waals surface area contributed by atoms with E-state index in [2.05, 4.69) is 31.2 Å². The average Bonchev–Trinajstić information content (AvgIpc) is 2.76. The molecule has 0 fully saturated rings. The second-order valence-electron chi connectivity index (χ2n) is 4.02. The maximum atomic E-state index is 4.29. The van der Waals surface area contributed by atoms with Gasteiger partial charge < -0.3 is 9.88 Å².